The summed E-state index contributed by atoms with van der Waals surface area (Å²) < 4.78 is 0. The van der Waals surface area contributed by atoms with Gasteiger partial charge in [-0.15, -0.1) is 5.48 Å². The smallest absolute Gasteiger partial charge is 0.426 e. The molecule has 2 rings (SSSR count). The molecule has 2 heterocycles. The van der Waals surface area contributed by atoms with Crippen molar-refractivity contribution in [1.82, 2.24) is 15.7 Å². The van der Waals surface area contributed by atoms with Crippen molar-refractivity contribution in [1.29, 1.82) is 0 Å². The summed E-state index contributed by atoms with van der Waals surface area (Å²) in [4.78, 5) is 18.0. The maximum Gasteiger partial charge on any atom is 0.475 e. The van der Waals surface area contributed by atoms with E-state index in [2.05, 4.69) is 10.8 Å². The molecule has 0 aliphatic carbocycles. The lowest BCUT2D eigenvalue weighted by Gasteiger charge is -2.23. The Morgan fingerprint density at radius 1 is 1.47 bits per heavy atom. The first-order valence-corrected chi connectivity index (χ1v) is 5.98. The summed E-state index contributed by atoms with van der Waals surface area (Å²) in [5.74, 6) is -0.550. The van der Waals surface area contributed by atoms with Crippen molar-refractivity contribution >= 4 is 13.2 Å². The number of hydrogen-bond donors (Lipinski definition) is 4. The second-order valence-corrected chi connectivity index (χ2v) is 4.49. The number of rotatable bonds is 3. The van der Waals surface area contributed by atoms with Crippen LogP contribution in [-0.4, -0.2) is 59.8 Å². The van der Waals surface area contributed by atoms with Gasteiger partial charge in [-0.3, -0.25) is 0 Å². The highest BCUT2D eigenvalue weighted by molar-refractivity contribution is 6.43. The van der Waals surface area contributed by atoms with E-state index in [0.29, 0.717) is 13.0 Å². The van der Waals surface area contributed by atoms with Gasteiger partial charge in [0.2, 0.25) is 0 Å². The standard InChI is InChI=1S/C9H18BN3O4/c14-9(17-12-7-3-4-11-6-7)13-5-1-2-8(13)10(15)16/h7-8,11-12,15-16H,1-6H2/t7-,8+/m1/s1. The van der Waals surface area contributed by atoms with Crippen molar-refractivity contribution < 1.29 is 19.7 Å². The molecule has 1 amide bonds. The molecule has 0 aromatic heterocycles. The number of amides is 1. The van der Waals surface area contributed by atoms with Crippen molar-refractivity contribution in [2.45, 2.75) is 31.2 Å². The van der Waals surface area contributed by atoms with Crippen LogP contribution in [0.25, 0.3) is 0 Å². The molecular weight excluding hydrogens is 225 g/mol. The molecule has 7 nitrogen and oxygen atoms in total. The average molecular weight is 243 g/mol. The maximum atomic E-state index is 11.7. The lowest BCUT2D eigenvalue weighted by atomic mass is 9.78. The normalized spacial score (nSPS) is 28.5. The van der Waals surface area contributed by atoms with Crippen molar-refractivity contribution in [3.05, 3.63) is 0 Å². The van der Waals surface area contributed by atoms with Gasteiger partial charge >= 0.3 is 13.2 Å². The largest absolute Gasteiger partial charge is 0.475 e. The van der Waals surface area contributed by atoms with E-state index < -0.39 is 19.2 Å². The van der Waals surface area contributed by atoms with Gasteiger partial charge in [0.1, 0.15) is 0 Å². The van der Waals surface area contributed by atoms with E-state index >= 15 is 0 Å². The number of nitrogens with one attached hydrogen (secondary N) is 2. The third-order valence-corrected chi connectivity index (χ3v) is 3.25. The highest BCUT2D eigenvalue weighted by atomic mass is 16.7. The molecule has 0 radical (unpaired) electrons. The summed E-state index contributed by atoms with van der Waals surface area (Å²) in [6.45, 7) is 2.20. The Balaban J connectivity index is 1.78. The number of carbonyl (C=O) groups excluding carboxylic acids is 1. The second-order valence-electron chi connectivity index (χ2n) is 4.49. The number of nitrogens with zero attached hydrogens (tertiary/aromatic N) is 1. The van der Waals surface area contributed by atoms with Crippen LogP contribution < -0.4 is 10.8 Å². The molecule has 4 N–H and O–H groups in total. The zero-order valence-electron chi connectivity index (χ0n) is 9.63. The molecule has 2 aliphatic heterocycles. The summed E-state index contributed by atoms with van der Waals surface area (Å²) in [5, 5.41) is 21.4. The van der Waals surface area contributed by atoms with Crippen LogP contribution in [0.3, 0.4) is 0 Å². The highest BCUT2D eigenvalue weighted by Gasteiger charge is 2.38. The van der Waals surface area contributed by atoms with E-state index in [-0.39, 0.29) is 6.04 Å². The third kappa shape index (κ3) is 3.09. The van der Waals surface area contributed by atoms with E-state index in [1.807, 2.05) is 0 Å². The molecule has 2 atom stereocenters. The lowest BCUT2D eigenvalue weighted by molar-refractivity contribution is 0.0415. The van der Waals surface area contributed by atoms with E-state index in [1.54, 1.807) is 0 Å². The molecule has 0 bridgehead atoms. The predicted octanol–water partition coefficient (Wildman–Crippen LogP) is -1.53. The van der Waals surface area contributed by atoms with Crippen molar-refractivity contribution in [2.24, 2.45) is 0 Å². The molecular formula is C9H18BN3O4. The summed E-state index contributed by atoms with van der Waals surface area (Å²) >= 11 is 0. The van der Waals surface area contributed by atoms with Crippen LogP contribution in [0.5, 0.6) is 0 Å². The molecule has 8 heteroatoms. The molecule has 2 saturated heterocycles. The Morgan fingerprint density at radius 3 is 2.94 bits per heavy atom. The number of carbonyl (C=O) groups is 1. The Kier molecular flexibility index (Phi) is 4.22. The van der Waals surface area contributed by atoms with Crippen LogP contribution in [0, 0.1) is 0 Å². The Labute approximate surface area is 100 Å². The molecule has 96 valence electrons. The quantitative estimate of drug-likeness (QED) is 0.355. The molecule has 0 spiro atoms. The molecule has 0 saturated carbocycles. The number of hydrogen-bond acceptors (Lipinski definition) is 6. The van der Waals surface area contributed by atoms with Crippen LogP contribution in [0.1, 0.15) is 19.3 Å². The number of likely N-dealkylation sites (tertiary alicyclic amines) is 1. The highest BCUT2D eigenvalue weighted by Crippen LogP contribution is 2.18. The Bertz CT molecular complexity index is 273. The first-order valence-electron chi connectivity index (χ1n) is 5.98. The van der Waals surface area contributed by atoms with Gasteiger partial charge in [0.15, 0.2) is 0 Å². The monoisotopic (exact) mass is 243 g/mol. The fourth-order valence-electron chi connectivity index (χ4n) is 2.28. The third-order valence-electron chi connectivity index (χ3n) is 3.25. The fraction of sp³-hybridized carbons (Fsp3) is 0.889. The minimum absolute atomic E-state index is 0.138. The van der Waals surface area contributed by atoms with Crippen LogP contribution in [0.15, 0.2) is 0 Å². The van der Waals surface area contributed by atoms with Gasteiger partial charge in [0.25, 0.3) is 0 Å². The van der Waals surface area contributed by atoms with Gasteiger partial charge in [-0.2, -0.15) is 0 Å². The Morgan fingerprint density at radius 2 is 2.29 bits per heavy atom. The molecule has 2 aliphatic rings. The molecule has 0 unspecified atom stereocenters. The van der Waals surface area contributed by atoms with Gasteiger partial charge in [-0.25, -0.2) is 4.79 Å². The molecule has 17 heavy (non-hydrogen) atoms. The lowest BCUT2D eigenvalue weighted by Crippen LogP contribution is -2.48. The summed E-state index contributed by atoms with van der Waals surface area (Å²) in [5.41, 5.74) is 2.70. The van der Waals surface area contributed by atoms with Crippen molar-refractivity contribution in [3.8, 4) is 0 Å². The van der Waals surface area contributed by atoms with Crippen LogP contribution in [0.4, 0.5) is 4.79 Å². The first kappa shape index (κ1) is 12.6. The fourth-order valence-corrected chi connectivity index (χ4v) is 2.28. The van der Waals surface area contributed by atoms with E-state index in [9.17, 15) is 4.79 Å². The zero-order valence-corrected chi connectivity index (χ0v) is 9.63. The van der Waals surface area contributed by atoms with Crippen molar-refractivity contribution in [3.63, 3.8) is 0 Å². The topological polar surface area (TPSA) is 94.1 Å². The number of hydroxylamine groups is 1. The molecule has 2 fully saturated rings. The summed E-state index contributed by atoms with van der Waals surface area (Å²) in [6, 6.07) is 0.138. The van der Waals surface area contributed by atoms with Gasteiger partial charge in [0, 0.05) is 13.1 Å². The van der Waals surface area contributed by atoms with Gasteiger partial charge in [-0.05, 0) is 25.8 Å². The summed E-state index contributed by atoms with van der Waals surface area (Å²) in [6.07, 6.45) is 1.74. The van der Waals surface area contributed by atoms with Gasteiger partial charge in [0.05, 0.1) is 12.0 Å². The minimum Gasteiger partial charge on any atom is -0.426 e. The van der Waals surface area contributed by atoms with Crippen molar-refractivity contribution in [2.75, 3.05) is 19.6 Å². The minimum atomic E-state index is -1.50. The maximum absolute atomic E-state index is 11.7. The van der Waals surface area contributed by atoms with Crippen LogP contribution in [0.2, 0.25) is 0 Å². The van der Waals surface area contributed by atoms with E-state index in [0.717, 1.165) is 25.9 Å². The van der Waals surface area contributed by atoms with E-state index in [4.69, 9.17) is 14.9 Å². The molecule has 0 aromatic rings. The van der Waals surface area contributed by atoms with E-state index in [1.165, 1.54) is 4.90 Å². The SMILES string of the molecule is O=C(ON[C@@H]1CCNC1)N1CCC[C@H]1B(O)O. The van der Waals surface area contributed by atoms with Gasteiger partial charge < -0.3 is 25.1 Å². The predicted molar refractivity (Wildman–Crippen MR) is 60.8 cm³/mol. The zero-order chi connectivity index (χ0) is 12.3. The summed E-state index contributed by atoms with van der Waals surface area (Å²) in [7, 11) is -1.50. The molecule has 0 aromatic carbocycles. The first-order chi connectivity index (χ1) is 8.18. The second kappa shape index (κ2) is 5.68. The van der Waals surface area contributed by atoms with Crippen LogP contribution in [-0.2, 0) is 4.84 Å². The van der Waals surface area contributed by atoms with Gasteiger partial charge in [-0.1, -0.05) is 0 Å². The Hall–Kier alpha value is -0.825. The average Bonchev–Trinajstić information content (AvgIpc) is 2.96. The van der Waals surface area contributed by atoms with Crippen LogP contribution >= 0.6 is 0 Å².